The van der Waals surface area contributed by atoms with Crippen molar-refractivity contribution in [1.82, 2.24) is 5.32 Å². The molecule has 130 valence electrons. The summed E-state index contributed by atoms with van der Waals surface area (Å²) in [5.74, 6) is -1.13. The van der Waals surface area contributed by atoms with Crippen LogP contribution in [0, 0.1) is 0 Å². The Morgan fingerprint density at radius 2 is 2.16 bits per heavy atom. The van der Waals surface area contributed by atoms with E-state index in [4.69, 9.17) is 11.0 Å². The van der Waals surface area contributed by atoms with Gasteiger partial charge < -0.3 is 5.32 Å². The highest BCUT2D eigenvalue weighted by atomic mass is 32.2. The van der Waals surface area contributed by atoms with Crippen molar-refractivity contribution >= 4 is 27.8 Å². The monoisotopic (exact) mass is 366 g/mol. The van der Waals surface area contributed by atoms with E-state index in [1.54, 1.807) is 0 Å². The van der Waals surface area contributed by atoms with Crippen molar-refractivity contribution in [1.29, 1.82) is 0 Å². The van der Waals surface area contributed by atoms with Gasteiger partial charge in [0, 0.05) is 29.2 Å². The van der Waals surface area contributed by atoms with Gasteiger partial charge in [-0.25, -0.2) is 8.42 Å². The molecular weight excluding hydrogens is 338 g/mol. The third-order valence-corrected chi connectivity index (χ3v) is 4.70. The average Bonchev–Trinajstić information content (AvgIpc) is 3.08. The lowest BCUT2D eigenvalue weighted by molar-refractivity contribution is -0.337. The Kier molecular flexibility index (Phi) is 2.51. The van der Waals surface area contributed by atoms with Gasteiger partial charge in [0.1, 0.15) is 0 Å². The van der Waals surface area contributed by atoms with E-state index in [0.717, 1.165) is 17.0 Å². The highest BCUT2D eigenvalue weighted by Gasteiger charge is 2.36. The van der Waals surface area contributed by atoms with Crippen LogP contribution < -0.4 is 5.32 Å². The Balaban J connectivity index is 1.96. The first-order valence-electron chi connectivity index (χ1n) is 11.3. The summed E-state index contributed by atoms with van der Waals surface area (Å²) in [6.45, 7) is -5.68. The molecule has 1 aromatic rings. The molecule has 0 saturated heterocycles. The van der Waals surface area contributed by atoms with Crippen molar-refractivity contribution in [2.75, 3.05) is 6.26 Å². The number of hydrogen-bond acceptors (Lipinski definition) is 4. The summed E-state index contributed by atoms with van der Waals surface area (Å²) in [5.41, 5.74) is -1.03. The molecule has 1 N–H and O–H groups in total. The fourth-order valence-electron chi connectivity index (χ4n) is 2.33. The summed E-state index contributed by atoms with van der Waals surface area (Å²) in [7, 11) is -3.39. The summed E-state index contributed by atoms with van der Waals surface area (Å²) in [6.07, 6.45) is 0.424. The number of amidine groups is 1. The Morgan fingerprint density at radius 1 is 1.40 bits per heavy atom. The Bertz CT molecular complexity index is 1240. The average molecular weight is 366 g/mol. The molecule has 1 amide bonds. The highest BCUT2D eigenvalue weighted by molar-refractivity contribution is 7.90. The van der Waals surface area contributed by atoms with Crippen molar-refractivity contribution in [2.45, 2.75) is 31.5 Å². The number of benzene rings is 1. The molecule has 0 bridgehead atoms. The van der Waals surface area contributed by atoms with Gasteiger partial charge in [0.05, 0.1) is 18.9 Å². The molecule has 0 saturated carbocycles. The zero-order valence-electron chi connectivity index (χ0n) is 21.2. The summed E-state index contributed by atoms with van der Waals surface area (Å²) in [4.78, 5) is 17.0. The number of allylic oxidation sites excluding steroid dienone is 2. The summed E-state index contributed by atoms with van der Waals surface area (Å²) >= 11 is 0. The van der Waals surface area contributed by atoms with Crippen LogP contribution in [0.25, 0.3) is 0 Å². The third-order valence-electron chi connectivity index (χ3n) is 3.57. The maximum Gasteiger partial charge on any atom is 0.308 e. The molecule has 0 radical (unpaired) electrons. The first kappa shape index (κ1) is 9.82. The lowest BCUT2D eigenvalue weighted by atomic mass is 10.2. The molecule has 1 aromatic carbocycles. The maximum absolute atomic E-state index is 13.0. The zero-order chi connectivity index (χ0) is 24.9. The van der Waals surface area contributed by atoms with Crippen LogP contribution in [0.2, 0.25) is 0 Å². The molecule has 2 aliphatic rings. The Labute approximate surface area is 158 Å². The molecule has 1 unspecified atom stereocenters. The largest absolute Gasteiger partial charge is 0.345 e. The minimum absolute atomic E-state index is 0.0835. The molecule has 0 fully saturated rings. The number of rotatable bonds is 4. The van der Waals surface area contributed by atoms with Crippen molar-refractivity contribution < 1.29 is 28.8 Å². The number of nitrogens with one attached hydrogen (secondary N) is 1. The van der Waals surface area contributed by atoms with Crippen LogP contribution in [0.15, 0.2) is 57.2 Å². The molecule has 0 aromatic heterocycles. The first-order valence-corrected chi connectivity index (χ1v) is 9.09. The molecule has 2 aliphatic heterocycles. The van der Waals surface area contributed by atoms with E-state index in [2.05, 4.69) is 10.3 Å². The van der Waals surface area contributed by atoms with E-state index in [0.29, 0.717) is 5.56 Å². The lowest BCUT2D eigenvalue weighted by Crippen LogP contribution is -2.32. The normalized spacial score (nSPS) is 25.9. The molecule has 25 heavy (non-hydrogen) atoms. The van der Waals surface area contributed by atoms with Gasteiger partial charge in [-0.1, -0.05) is 18.2 Å². The third kappa shape index (κ3) is 3.61. The van der Waals surface area contributed by atoms with Crippen molar-refractivity contribution in [2.24, 2.45) is 4.99 Å². The van der Waals surface area contributed by atoms with E-state index >= 15 is 0 Å². The molecule has 1 atom stereocenters. The highest BCUT2D eigenvalue weighted by Crippen LogP contribution is 2.21. The molecule has 0 spiro atoms. The van der Waals surface area contributed by atoms with Crippen LogP contribution in [0.5, 0.6) is 0 Å². The Hall–Kier alpha value is -2.54. The number of sulfone groups is 1. The fourth-order valence-corrected chi connectivity index (χ4v) is 2.96. The minimum atomic E-state index is -3.39. The number of amides is 1. The number of hydrogen-bond donors (Lipinski definition) is 1. The summed E-state index contributed by atoms with van der Waals surface area (Å²) in [5, 5.41) is 2.52. The second-order valence-electron chi connectivity index (χ2n) is 5.47. The molecule has 0 aliphatic carbocycles. The SMILES string of the molecule is [2H]C1=C(C([2H])([2H])[2H])C=[N+]2C(=NC(C([2H])([2H])[2H])=C2C(=O)NCc2ccc(S(C)(=O)=O)cc2)C1[2H]. The van der Waals surface area contributed by atoms with Gasteiger partial charge in [-0.05, 0) is 35.1 Å². The smallest absolute Gasteiger partial charge is 0.308 e. The maximum atomic E-state index is 13.0. The van der Waals surface area contributed by atoms with Gasteiger partial charge in [0.15, 0.2) is 9.84 Å². The zero-order valence-corrected chi connectivity index (χ0v) is 14.0. The molecule has 6 nitrogen and oxygen atoms in total. The van der Waals surface area contributed by atoms with Crippen LogP contribution in [0.3, 0.4) is 0 Å². The van der Waals surface area contributed by atoms with E-state index in [1.165, 1.54) is 24.3 Å². The number of carbonyl (C=O) groups is 1. The standard InChI is InChI=1S/C18H19N3O3S/c1-12-4-9-16-20-13(2)17(21(16)11-12)18(22)19-10-14-5-7-15(8-6-14)25(3,23)24/h4-8,11H,9-10H2,1-3H3/p+1/i1D3,2D3,4D,9D. The van der Waals surface area contributed by atoms with E-state index in [-0.39, 0.29) is 17.3 Å². The van der Waals surface area contributed by atoms with Crippen LogP contribution >= 0.6 is 0 Å². The van der Waals surface area contributed by atoms with Crippen LogP contribution in [-0.4, -0.2) is 37.2 Å². The summed E-state index contributed by atoms with van der Waals surface area (Å²) in [6, 6.07) is 5.16. The van der Waals surface area contributed by atoms with Crippen molar-refractivity contribution in [3.8, 4) is 0 Å². The molecular formula is C18H20N3O3S+. The minimum Gasteiger partial charge on any atom is -0.345 e. The van der Waals surface area contributed by atoms with Crippen LogP contribution in [-0.2, 0) is 21.2 Å². The van der Waals surface area contributed by atoms with Gasteiger partial charge in [0.25, 0.3) is 5.91 Å². The fraction of sp³-hybridized carbons (Fsp3) is 0.278. The predicted molar refractivity (Wildman–Crippen MR) is 96.2 cm³/mol. The van der Waals surface area contributed by atoms with E-state index in [1.807, 2.05) is 0 Å². The van der Waals surface area contributed by atoms with E-state index < -0.39 is 58.9 Å². The predicted octanol–water partition coefficient (Wildman–Crippen LogP) is 1.78. The van der Waals surface area contributed by atoms with Gasteiger partial charge in [-0.2, -0.15) is 4.58 Å². The number of nitrogens with zero attached hydrogens (tertiary/aromatic N) is 2. The topological polar surface area (TPSA) is 78.6 Å². The Morgan fingerprint density at radius 3 is 2.80 bits per heavy atom. The summed E-state index contributed by atoms with van der Waals surface area (Å²) < 4.78 is 86.2. The molecule has 2 heterocycles. The van der Waals surface area contributed by atoms with Crippen LogP contribution in [0.1, 0.15) is 36.6 Å². The number of aliphatic imine (C=N–C) groups is 1. The number of carbonyl (C=O) groups excluding carboxylic acids is 1. The second kappa shape index (κ2) is 6.40. The quantitative estimate of drug-likeness (QED) is 0.825. The molecule has 7 heteroatoms. The van der Waals surface area contributed by atoms with Crippen molar-refractivity contribution in [3.05, 3.63) is 52.8 Å². The number of fused-ring (bicyclic) bond motifs is 1. The van der Waals surface area contributed by atoms with Gasteiger partial charge >= 0.3 is 5.84 Å². The van der Waals surface area contributed by atoms with Gasteiger partial charge in [-0.15, -0.1) is 0 Å². The van der Waals surface area contributed by atoms with E-state index in [9.17, 15) is 13.2 Å². The first-order chi connectivity index (χ1) is 15.0. The van der Waals surface area contributed by atoms with Crippen LogP contribution in [0.4, 0.5) is 0 Å². The molecule has 3 rings (SSSR count). The lowest BCUT2D eigenvalue weighted by Gasteiger charge is -2.10. The van der Waals surface area contributed by atoms with Gasteiger partial charge in [-0.3, -0.25) is 4.79 Å². The van der Waals surface area contributed by atoms with Gasteiger partial charge in [0.2, 0.25) is 11.4 Å². The van der Waals surface area contributed by atoms with Crippen molar-refractivity contribution in [3.63, 3.8) is 0 Å². The second-order valence-corrected chi connectivity index (χ2v) is 7.48.